The maximum absolute atomic E-state index is 10.7. The fourth-order valence-electron chi connectivity index (χ4n) is 4.56. The van der Waals surface area contributed by atoms with Gasteiger partial charge in [0.05, 0.1) is 0 Å². The molecule has 3 rings (SSSR count). The van der Waals surface area contributed by atoms with Crippen molar-refractivity contribution in [2.45, 2.75) is 83.3 Å². The highest BCUT2D eigenvalue weighted by Gasteiger charge is 2.47. The summed E-state index contributed by atoms with van der Waals surface area (Å²) in [6.45, 7) is 6.58. The van der Waals surface area contributed by atoms with Crippen LogP contribution in [0.4, 0.5) is 0 Å². The Morgan fingerprint density at radius 2 is 2.04 bits per heavy atom. The molecule has 1 aromatic rings. The molecule has 3 atom stereocenters. The van der Waals surface area contributed by atoms with Gasteiger partial charge < -0.3 is 15.6 Å². The molecular weight excluding hydrogens is 286 g/mol. The van der Waals surface area contributed by atoms with E-state index in [4.69, 9.17) is 10.5 Å². The summed E-state index contributed by atoms with van der Waals surface area (Å²) in [5, 5.41) is 10.7. The number of rotatable bonds is 4. The summed E-state index contributed by atoms with van der Waals surface area (Å²) in [5.41, 5.74) is 8.23. The van der Waals surface area contributed by atoms with Crippen LogP contribution in [-0.2, 0) is 6.42 Å². The molecule has 0 amide bonds. The lowest BCUT2D eigenvalue weighted by Gasteiger charge is -2.48. The zero-order valence-electron chi connectivity index (χ0n) is 14.8. The molecule has 3 heteroatoms. The van der Waals surface area contributed by atoms with E-state index in [0.29, 0.717) is 17.6 Å². The van der Waals surface area contributed by atoms with E-state index in [9.17, 15) is 5.11 Å². The van der Waals surface area contributed by atoms with Crippen molar-refractivity contribution in [3.05, 3.63) is 23.3 Å². The lowest BCUT2D eigenvalue weighted by Crippen LogP contribution is -2.48. The molecule has 3 nitrogen and oxygen atoms in total. The van der Waals surface area contributed by atoms with Gasteiger partial charge in [-0.05, 0) is 69.6 Å². The molecule has 1 aromatic carbocycles. The third kappa shape index (κ3) is 3.21. The number of hydrogen-bond donors (Lipinski definition) is 2. The van der Waals surface area contributed by atoms with Gasteiger partial charge in [0.2, 0.25) is 0 Å². The zero-order valence-corrected chi connectivity index (χ0v) is 14.8. The van der Waals surface area contributed by atoms with Crippen LogP contribution in [0.2, 0.25) is 0 Å². The topological polar surface area (TPSA) is 55.5 Å². The standard InChI is InChI=1S/C20H31NO2/c1-4-5-6-7-13-10-17(22)19-15-12-14(21)8-9-16(15)20(2,3)23-18(19)11-13/h10-11,14-16,22H,4-9,12,21H2,1-3H3. The lowest BCUT2D eigenvalue weighted by atomic mass is 9.65. The number of aromatic hydroxyl groups is 1. The predicted molar refractivity (Wildman–Crippen MR) is 94.1 cm³/mol. The second-order valence-corrected chi connectivity index (χ2v) is 7.98. The van der Waals surface area contributed by atoms with Crippen LogP contribution in [0, 0.1) is 5.92 Å². The number of hydrogen-bond acceptors (Lipinski definition) is 3. The number of benzene rings is 1. The molecule has 1 heterocycles. The van der Waals surface area contributed by atoms with Crippen LogP contribution in [-0.4, -0.2) is 16.7 Å². The third-order valence-electron chi connectivity index (χ3n) is 5.78. The van der Waals surface area contributed by atoms with Crippen LogP contribution in [0.25, 0.3) is 0 Å². The smallest absolute Gasteiger partial charge is 0.127 e. The SMILES string of the molecule is CCCCCc1cc(O)c2c(c1)OC(C)(C)C1CCC(N)CC21. The summed E-state index contributed by atoms with van der Waals surface area (Å²) in [6.07, 6.45) is 7.69. The van der Waals surface area contributed by atoms with Gasteiger partial charge in [-0.2, -0.15) is 0 Å². The lowest BCUT2D eigenvalue weighted by molar-refractivity contribution is -0.00988. The monoisotopic (exact) mass is 317 g/mol. The van der Waals surface area contributed by atoms with Crippen molar-refractivity contribution in [2.24, 2.45) is 11.7 Å². The molecule has 0 radical (unpaired) electrons. The van der Waals surface area contributed by atoms with E-state index in [0.717, 1.165) is 43.4 Å². The largest absolute Gasteiger partial charge is 0.508 e. The highest BCUT2D eigenvalue weighted by molar-refractivity contribution is 5.52. The first-order valence-corrected chi connectivity index (χ1v) is 9.22. The van der Waals surface area contributed by atoms with Crippen LogP contribution in [0.15, 0.2) is 12.1 Å². The average Bonchev–Trinajstić information content (AvgIpc) is 2.46. The minimum atomic E-state index is -0.188. The van der Waals surface area contributed by atoms with Crippen molar-refractivity contribution < 1.29 is 9.84 Å². The predicted octanol–water partition coefficient (Wildman–Crippen LogP) is 4.51. The minimum absolute atomic E-state index is 0.188. The minimum Gasteiger partial charge on any atom is -0.508 e. The molecule has 3 N–H and O–H groups in total. The van der Waals surface area contributed by atoms with Crippen molar-refractivity contribution in [1.82, 2.24) is 0 Å². The summed E-state index contributed by atoms with van der Waals surface area (Å²) in [5.74, 6) is 2.05. The fourth-order valence-corrected chi connectivity index (χ4v) is 4.56. The number of phenolic OH excluding ortho intramolecular Hbond substituents is 1. The fraction of sp³-hybridized carbons (Fsp3) is 0.700. The van der Waals surface area contributed by atoms with Crippen molar-refractivity contribution in [3.63, 3.8) is 0 Å². The molecule has 0 bridgehead atoms. The molecule has 128 valence electrons. The number of nitrogens with two attached hydrogens (primary N) is 1. The molecule has 1 fully saturated rings. The molecule has 23 heavy (non-hydrogen) atoms. The van der Waals surface area contributed by atoms with Crippen molar-refractivity contribution in [2.75, 3.05) is 0 Å². The second kappa shape index (κ2) is 6.35. The van der Waals surface area contributed by atoms with Gasteiger partial charge in [-0.25, -0.2) is 0 Å². The molecule has 0 spiro atoms. The second-order valence-electron chi connectivity index (χ2n) is 7.98. The van der Waals surface area contributed by atoms with E-state index >= 15 is 0 Å². The zero-order chi connectivity index (χ0) is 16.6. The first kappa shape index (κ1) is 16.6. The van der Waals surface area contributed by atoms with Gasteiger partial charge in [-0.3, -0.25) is 0 Å². The number of fused-ring (bicyclic) bond motifs is 3. The van der Waals surface area contributed by atoms with Gasteiger partial charge in [0.25, 0.3) is 0 Å². The molecule has 3 unspecified atom stereocenters. The maximum atomic E-state index is 10.7. The van der Waals surface area contributed by atoms with E-state index in [1.807, 2.05) is 6.07 Å². The summed E-state index contributed by atoms with van der Waals surface area (Å²) in [7, 11) is 0. The number of ether oxygens (including phenoxy) is 1. The van der Waals surface area contributed by atoms with Crippen molar-refractivity contribution >= 4 is 0 Å². The highest BCUT2D eigenvalue weighted by Crippen LogP contribution is 2.54. The first-order valence-electron chi connectivity index (χ1n) is 9.22. The Morgan fingerprint density at radius 1 is 1.26 bits per heavy atom. The van der Waals surface area contributed by atoms with Crippen LogP contribution in [0.5, 0.6) is 11.5 Å². The number of aryl methyl sites for hydroxylation is 1. The Bertz CT molecular complexity index is 567. The van der Waals surface area contributed by atoms with Crippen molar-refractivity contribution in [1.29, 1.82) is 0 Å². The van der Waals surface area contributed by atoms with E-state index in [1.165, 1.54) is 18.4 Å². The molecule has 1 saturated carbocycles. The van der Waals surface area contributed by atoms with E-state index in [1.54, 1.807) is 0 Å². The Hall–Kier alpha value is -1.22. The molecular formula is C20H31NO2. The third-order valence-corrected chi connectivity index (χ3v) is 5.78. The molecule has 1 aliphatic heterocycles. The molecule has 1 aliphatic carbocycles. The Balaban J connectivity index is 1.94. The Labute approximate surface area is 140 Å². The summed E-state index contributed by atoms with van der Waals surface area (Å²) in [4.78, 5) is 0. The summed E-state index contributed by atoms with van der Waals surface area (Å²) in [6, 6.07) is 4.34. The van der Waals surface area contributed by atoms with E-state index in [-0.39, 0.29) is 11.6 Å². The Morgan fingerprint density at radius 3 is 2.78 bits per heavy atom. The van der Waals surface area contributed by atoms with E-state index in [2.05, 4.69) is 26.8 Å². The highest BCUT2D eigenvalue weighted by atomic mass is 16.5. The normalized spacial score (nSPS) is 28.6. The number of unbranched alkanes of at least 4 members (excludes halogenated alkanes) is 2. The maximum Gasteiger partial charge on any atom is 0.127 e. The van der Waals surface area contributed by atoms with Crippen LogP contribution < -0.4 is 10.5 Å². The van der Waals surface area contributed by atoms with Gasteiger partial charge in [0, 0.05) is 17.5 Å². The average molecular weight is 317 g/mol. The quantitative estimate of drug-likeness (QED) is 0.804. The number of phenols is 1. The molecule has 2 aliphatic rings. The molecule has 0 aromatic heterocycles. The Kier molecular flexibility index (Phi) is 4.59. The van der Waals surface area contributed by atoms with Gasteiger partial charge >= 0.3 is 0 Å². The van der Waals surface area contributed by atoms with Crippen LogP contribution in [0.3, 0.4) is 0 Å². The first-order chi connectivity index (χ1) is 10.9. The summed E-state index contributed by atoms with van der Waals surface area (Å²) < 4.78 is 6.35. The van der Waals surface area contributed by atoms with Crippen LogP contribution in [0.1, 0.15) is 76.3 Å². The van der Waals surface area contributed by atoms with Crippen LogP contribution >= 0.6 is 0 Å². The van der Waals surface area contributed by atoms with E-state index < -0.39 is 0 Å². The molecule has 0 saturated heterocycles. The van der Waals surface area contributed by atoms with Crippen molar-refractivity contribution in [3.8, 4) is 11.5 Å². The van der Waals surface area contributed by atoms with Gasteiger partial charge in [0.15, 0.2) is 0 Å². The van der Waals surface area contributed by atoms with Gasteiger partial charge in [-0.15, -0.1) is 0 Å². The van der Waals surface area contributed by atoms with Gasteiger partial charge in [-0.1, -0.05) is 19.8 Å². The van der Waals surface area contributed by atoms with Gasteiger partial charge in [0.1, 0.15) is 17.1 Å². The summed E-state index contributed by atoms with van der Waals surface area (Å²) >= 11 is 0.